The fraction of sp³-hybridized carbons (Fsp3) is 0.929. The first-order valence-corrected chi connectivity index (χ1v) is 7.60. The normalized spacial score (nSPS) is 26.6. The lowest BCUT2D eigenvalue weighted by Crippen LogP contribution is -2.54. The van der Waals surface area contributed by atoms with Crippen molar-refractivity contribution in [3.63, 3.8) is 0 Å². The summed E-state index contributed by atoms with van der Waals surface area (Å²) in [6.45, 7) is 7.04. The molecule has 2 unspecified atom stereocenters. The first-order chi connectivity index (χ1) is 9.24. The second-order valence-corrected chi connectivity index (χ2v) is 5.66. The van der Waals surface area contributed by atoms with Gasteiger partial charge in [0.1, 0.15) is 0 Å². The number of carbonyl (C=O) groups is 1. The molecule has 0 spiro atoms. The van der Waals surface area contributed by atoms with E-state index in [9.17, 15) is 4.79 Å². The topological polar surface area (TPSA) is 55.8 Å². The van der Waals surface area contributed by atoms with Crippen LogP contribution in [0, 0.1) is 0 Å². The molecule has 0 aromatic rings. The zero-order chi connectivity index (χ0) is 13.7. The summed E-state index contributed by atoms with van der Waals surface area (Å²) in [5, 5.41) is 12.3. The summed E-state index contributed by atoms with van der Waals surface area (Å²) < 4.78 is 0. The Hall–Kier alpha value is -0.650. The van der Waals surface area contributed by atoms with E-state index in [0.717, 1.165) is 58.4 Å². The molecule has 2 rings (SSSR count). The van der Waals surface area contributed by atoms with Crippen LogP contribution in [0.2, 0.25) is 0 Å². The summed E-state index contributed by atoms with van der Waals surface area (Å²) in [6, 6.07) is 0.349. The van der Waals surface area contributed by atoms with Gasteiger partial charge in [-0.2, -0.15) is 0 Å². The molecule has 0 aromatic heterocycles. The van der Waals surface area contributed by atoms with Gasteiger partial charge >= 0.3 is 0 Å². The lowest BCUT2D eigenvalue weighted by atomic mass is 10.1. The predicted molar refractivity (Wildman–Crippen MR) is 75.0 cm³/mol. The first kappa shape index (κ1) is 14.8. The van der Waals surface area contributed by atoms with E-state index < -0.39 is 0 Å². The van der Waals surface area contributed by atoms with Gasteiger partial charge in [0.2, 0.25) is 5.91 Å². The molecule has 0 aliphatic carbocycles. The van der Waals surface area contributed by atoms with E-state index in [-0.39, 0.29) is 18.6 Å². The average Bonchev–Trinajstić information content (AvgIpc) is 2.92. The lowest BCUT2D eigenvalue weighted by Gasteiger charge is -2.35. The average molecular weight is 269 g/mol. The minimum atomic E-state index is -0.00294. The summed E-state index contributed by atoms with van der Waals surface area (Å²) in [6.07, 6.45) is 3.95. The van der Waals surface area contributed by atoms with E-state index >= 15 is 0 Å². The molecule has 2 aliphatic rings. The Kier molecular flexibility index (Phi) is 5.60. The van der Waals surface area contributed by atoms with Gasteiger partial charge in [0.15, 0.2) is 0 Å². The zero-order valence-electron chi connectivity index (χ0n) is 12.0. The van der Waals surface area contributed by atoms with Gasteiger partial charge in [0.25, 0.3) is 0 Å². The summed E-state index contributed by atoms with van der Waals surface area (Å²) in [7, 11) is 0. The molecule has 5 heteroatoms. The molecule has 0 bridgehead atoms. The highest BCUT2D eigenvalue weighted by Crippen LogP contribution is 2.23. The van der Waals surface area contributed by atoms with Gasteiger partial charge < -0.3 is 15.3 Å². The maximum atomic E-state index is 12.6. The van der Waals surface area contributed by atoms with Crippen LogP contribution in [0.1, 0.15) is 32.6 Å². The van der Waals surface area contributed by atoms with Gasteiger partial charge in [-0.05, 0) is 32.6 Å². The van der Waals surface area contributed by atoms with Crippen LogP contribution < -0.4 is 5.32 Å². The van der Waals surface area contributed by atoms with Crippen LogP contribution in [0.4, 0.5) is 0 Å². The first-order valence-electron chi connectivity index (χ1n) is 7.60. The third kappa shape index (κ3) is 3.68. The predicted octanol–water partition coefficient (Wildman–Crippen LogP) is 0.0436. The highest BCUT2D eigenvalue weighted by molar-refractivity contribution is 5.82. The summed E-state index contributed by atoms with van der Waals surface area (Å²) in [4.78, 5) is 17.0. The second-order valence-electron chi connectivity index (χ2n) is 5.66. The minimum Gasteiger partial charge on any atom is -0.396 e. The van der Waals surface area contributed by atoms with Gasteiger partial charge in [-0.25, -0.2) is 0 Å². The number of likely N-dealkylation sites (tertiary alicyclic amines) is 1. The smallest absolute Gasteiger partial charge is 0.239 e. The molecule has 0 radical (unpaired) electrons. The lowest BCUT2D eigenvalue weighted by molar-refractivity contribution is -0.137. The molecule has 19 heavy (non-hydrogen) atoms. The molecule has 2 heterocycles. The molecule has 2 N–H and O–H groups in total. The van der Waals surface area contributed by atoms with Crippen LogP contribution in [-0.2, 0) is 4.79 Å². The summed E-state index contributed by atoms with van der Waals surface area (Å²) in [5.41, 5.74) is 0. The monoisotopic (exact) mass is 269 g/mol. The van der Waals surface area contributed by atoms with Crippen molar-refractivity contribution >= 4 is 5.91 Å². The van der Waals surface area contributed by atoms with Crippen molar-refractivity contribution in [3.05, 3.63) is 0 Å². The Morgan fingerprint density at radius 3 is 2.79 bits per heavy atom. The summed E-state index contributed by atoms with van der Waals surface area (Å²) >= 11 is 0. The number of nitrogens with one attached hydrogen (secondary N) is 1. The second kappa shape index (κ2) is 7.22. The van der Waals surface area contributed by atoms with E-state index in [4.69, 9.17) is 5.11 Å². The maximum absolute atomic E-state index is 12.6. The summed E-state index contributed by atoms with van der Waals surface area (Å²) in [5.74, 6) is 0.280. The zero-order valence-corrected chi connectivity index (χ0v) is 12.0. The molecule has 5 nitrogen and oxygen atoms in total. The van der Waals surface area contributed by atoms with Gasteiger partial charge in [0, 0.05) is 45.4 Å². The molecular weight excluding hydrogens is 242 g/mol. The molecule has 0 aromatic carbocycles. The van der Waals surface area contributed by atoms with Crippen molar-refractivity contribution in [1.82, 2.24) is 15.1 Å². The van der Waals surface area contributed by atoms with E-state index in [2.05, 4.69) is 15.1 Å². The van der Waals surface area contributed by atoms with E-state index in [0.29, 0.717) is 6.04 Å². The third-order valence-corrected chi connectivity index (χ3v) is 4.41. The number of carbonyl (C=O) groups excluding carboxylic acids is 1. The quantitative estimate of drug-likeness (QED) is 0.740. The molecule has 2 aliphatic heterocycles. The number of nitrogens with zero attached hydrogens (tertiary/aromatic N) is 2. The van der Waals surface area contributed by atoms with Crippen molar-refractivity contribution < 1.29 is 9.90 Å². The molecular formula is C14H27N3O2. The molecule has 1 amide bonds. The van der Waals surface area contributed by atoms with Crippen molar-refractivity contribution in [1.29, 1.82) is 0 Å². The van der Waals surface area contributed by atoms with Gasteiger partial charge in [-0.1, -0.05) is 0 Å². The standard InChI is InChI=1S/C14H27N3O2/c1-12(16-9-6-15-7-10-16)14(19)17-8-2-4-13(17)5-3-11-18/h12-13,15,18H,2-11H2,1H3. The number of aliphatic hydroxyl groups excluding tert-OH is 1. The molecule has 2 fully saturated rings. The van der Waals surface area contributed by atoms with Crippen LogP contribution in [0.15, 0.2) is 0 Å². The largest absolute Gasteiger partial charge is 0.396 e. The number of piperazine rings is 1. The maximum Gasteiger partial charge on any atom is 0.239 e. The minimum absolute atomic E-state index is 0.00294. The highest BCUT2D eigenvalue weighted by Gasteiger charge is 2.33. The van der Waals surface area contributed by atoms with Crippen molar-refractivity contribution in [3.8, 4) is 0 Å². The fourth-order valence-electron chi connectivity index (χ4n) is 3.22. The Bertz CT molecular complexity index is 292. The van der Waals surface area contributed by atoms with Crippen LogP contribution in [-0.4, -0.2) is 72.2 Å². The molecule has 2 atom stereocenters. The third-order valence-electron chi connectivity index (χ3n) is 4.41. The van der Waals surface area contributed by atoms with Crippen LogP contribution in [0.25, 0.3) is 0 Å². The van der Waals surface area contributed by atoms with Crippen LogP contribution >= 0.6 is 0 Å². The Morgan fingerprint density at radius 1 is 1.37 bits per heavy atom. The van der Waals surface area contributed by atoms with Gasteiger partial charge in [-0.3, -0.25) is 9.69 Å². The number of hydrogen-bond acceptors (Lipinski definition) is 4. The van der Waals surface area contributed by atoms with Crippen LogP contribution in [0.5, 0.6) is 0 Å². The Labute approximate surface area is 115 Å². The SMILES string of the molecule is CC(C(=O)N1CCCC1CCCO)N1CCNCC1. The van der Waals surface area contributed by atoms with Gasteiger partial charge in [-0.15, -0.1) is 0 Å². The fourth-order valence-corrected chi connectivity index (χ4v) is 3.22. The Balaban J connectivity index is 1.89. The van der Waals surface area contributed by atoms with Crippen molar-refractivity contribution in [2.24, 2.45) is 0 Å². The van der Waals surface area contributed by atoms with E-state index in [1.54, 1.807) is 0 Å². The van der Waals surface area contributed by atoms with Crippen LogP contribution in [0.3, 0.4) is 0 Å². The number of amides is 1. The molecule has 0 saturated carbocycles. The molecule has 110 valence electrons. The highest BCUT2D eigenvalue weighted by atomic mass is 16.3. The van der Waals surface area contributed by atoms with Crippen molar-refractivity contribution in [2.75, 3.05) is 39.3 Å². The number of hydrogen-bond donors (Lipinski definition) is 2. The van der Waals surface area contributed by atoms with E-state index in [1.165, 1.54) is 0 Å². The number of rotatable bonds is 5. The Morgan fingerprint density at radius 2 is 2.11 bits per heavy atom. The van der Waals surface area contributed by atoms with Crippen molar-refractivity contribution in [2.45, 2.75) is 44.7 Å². The molecule has 2 saturated heterocycles. The van der Waals surface area contributed by atoms with Gasteiger partial charge in [0.05, 0.1) is 6.04 Å². The van der Waals surface area contributed by atoms with E-state index in [1.807, 2.05) is 6.92 Å². The number of aliphatic hydroxyl groups is 1.